The number of halogens is 1. The molecule has 0 aromatic heterocycles. The Hall–Kier alpha value is -1.07. The lowest BCUT2D eigenvalue weighted by atomic mass is 10.1. The zero-order valence-corrected chi connectivity index (χ0v) is 14.0. The van der Waals surface area contributed by atoms with Gasteiger partial charge in [0.15, 0.2) is 9.84 Å². The quantitative estimate of drug-likeness (QED) is 0.796. The molecule has 0 spiro atoms. The van der Waals surface area contributed by atoms with Crippen LogP contribution in [0.15, 0.2) is 24.3 Å². The molecule has 6 heteroatoms. The summed E-state index contributed by atoms with van der Waals surface area (Å²) >= 11 is 5.82. The molecular formula is C15H22ClNO3S. The molecule has 1 aromatic carbocycles. The molecule has 0 atom stereocenters. The fourth-order valence-corrected chi connectivity index (χ4v) is 3.33. The number of benzene rings is 1. The summed E-state index contributed by atoms with van der Waals surface area (Å²) in [5, 5.41) is 3.24. The van der Waals surface area contributed by atoms with E-state index in [0.717, 1.165) is 6.42 Å². The first-order chi connectivity index (χ1) is 9.78. The van der Waals surface area contributed by atoms with E-state index in [4.69, 9.17) is 11.6 Å². The number of carbonyl (C=O) groups is 1. The van der Waals surface area contributed by atoms with Gasteiger partial charge >= 0.3 is 0 Å². The Morgan fingerprint density at radius 2 is 2.05 bits per heavy atom. The predicted octanol–water partition coefficient (Wildman–Crippen LogP) is 2.81. The van der Waals surface area contributed by atoms with Gasteiger partial charge in [-0.3, -0.25) is 4.79 Å². The SMILES string of the molecule is CC(C)CCNC(=O)CCS(=O)(=O)Cc1cccc(Cl)c1. The zero-order valence-electron chi connectivity index (χ0n) is 12.4. The molecule has 1 N–H and O–H groups in total. The fourth-order valence-electron chi connectivity index (χ4n) is 1.79. The first-order valence-electron chi connectivity index (χ1n) is 7.00. The molecule has 1 rings (SSSR count). The van der Waals surface area contributed by atoms with Gasteiger partial charge in [-0.25, -0.2) is 8.42 Å². The lowest BCUT2D eigenvalue weighted by Gasteiger charge is -2.08. The van der Waals surface area contributed by atoms with Crippen LogP contribution in [0.2, 0.25) is 5.02 Å². The Kier molecular flexibility index (Phi) is 7.18. The van der Waals surface area contributed by atoms with Crippen molar-refractivity contribution in [2.24, 2.45) is 5.92 Å². The number of rotatable bonds is 8. The van der Waals surface area contributed by atoms with Crippen LogP contribution in [0, 0.1) is 5.92 Å². The minimum atomic E-state index is -3.31. The molecule has 0 bridgehead atoms. The van der Waals surface area contributed by atoms with Crippen molar-refractivity contribution >= 4 is 27.3 Å². The van der Waals surface area contributed by atoms with Crippen molar-refractivity contribution in [1.29, 1.82) is 0 Å². The molecule has 0 aliphatic rings. The van der Waals surface area contributed by atoms with Gasteiger partial charge in [0.25, 0.3) is 0 Å². The molecule has 0 unspecified atom stereocenters. The summed E-state index contributed by atoms with van der Waals surface area (Å²) in [4.78, 5) is 11.6. The van der Waals surface area contributed by atoms with Crippen LogP contribution in [0.4, 0.5) is 0 Å². The van der Waals surface area contributed by atoms with E-state index in [1.54, 1.807) is 24.3 Å². The molecule has 0 aliphatic carbocycles. The van der Waals surface area contributed by atoms with E-state index in [0.29, 0.717) is 23.0 Å². The van der Waals surface area contributed by atoms with Gasteiger partial charge in [-0.1, -0.05) is 37.6 Å². The van der Waals surface area contributed by atoms with E-state index in [9.17, 15) is 13.2 Å². The average molecular weight is 332 g/mol. The third-order valence-electron chi connectivity index (χ3n) is 2.96. The second-order valence-corrected chi connectivity index (χ2v) is 8.12. The highest BCUT2D eigenvalue weighted by Crippen LogP contribution is 2.14. The van der Waals surface area contributed by atoms with Gasteiger partial charge in [0, 0.05) is 18.0 Å². The van der Waals surface area contributed by atoms with Gasteiger partial charge < -0.3 is 5.32 Å². The van der Waals surface area contributed by atoms with Crippen LogP contribution in [-0.2, 0) is 20.4 Å². The van der Waals surface area contributed by atoms with E-state index in [-0.39, 0.29) is 23.8 Å². The summed E-state index contributed by atoms with van der Waals surface area (Å²) in [6.07, 6.45) is 0.891. The van der Waals surface area contributed by atoms with Crippen LogP contribution in [-0.4, -0.2) is 26.6 Å². The van der Waals surface area contributed by atoms with Crippen molar-refractivity contribution in [2.45, 2.75) is 32.4 Å². The van der Waals surface area contributed by atoms with Crippen molar-refractivity contribution in [2.75, 3.05) is 12.3 Å². The Labute approximate surface area is 131 Å². The van der Waals surface area contributed by atoms with Crippen LogP contribution >= 0.6 is 11.6 Å². The summed E-state index contributed by atoms with van der Waals surface area (Å²) in [5.41, 5.74) is 0.641. The largest absolute Gasteiger partial charge is 0.356 e. The van der Waals surface area contributed by atoms with Gasteiger partial charge in [0.1, 0.15) is 0 Å². The number of amides is 1. The summed E-state index contributed by atoms with van der Waals surface area (Å²) < 4.78 is 23.9. The molecule has 118 valence electrons. The minimum absolute atomic E-state index is 0.000986. The van der Waals surface area contributed by atoms with Gasteiger partial charge in [-0.2, -0.15) is 0 Å². The molecule has 21 heavy (non-hydrogen) atoms. The third-order valence-corrected chi connectivity index (χ3v) is 4.79. The first kappa shape index (κ1) is 18.0. The lowest BCUT2D eigenvalue weighted by molar-refractivity contribution is -0.120. The molecule has 1 aromatic rings. The number of hydrogen-bond donors (Lipinski definition) is 1. The second-order valence-electron chi connectivity index (χ2n) is 5.50. The van der Waals surface area contributed by atoms with Gasteiger partial charge in [0.2, 0.25) is 5.91 Å². The molecule has 0 saturated heterocycles. The Morgan fingerprint density at radius 1 is 1.33 bits per heavy atom. The summed E-state index contributed by atoms with van der Waals surface area (Å²) in [6.45, 7) is 4.73. The monoisotopic (exact) mass is 331 g/mol. The molecule has 0 saturated carbocycles. The Morgan fingerprint density at radius 3 is 2.67 bits per heavy atom. The third kappa shape index (κ3) is 8.07. The number of hydrogen-bond acceptors (Lipinski definition) is 3. The highest BCUT2D eigenvalue weighted by Gasteiger charge is 2.14. The van der Waals surface area contributed by atoms with Crippen LogP contribution < -0.4 is 5.32 Å². The predicted molar refractivity (Wildman–Crippen MR) is 86.0 cm³/mol. The number of nitrogens with one attached hydrogen (secondary N) is 1. The number of sulfone groups is 1. The van der Waals surface area contributed by atoms with Crippen molar-refractivity contribution in [1.82, 2.24) is 5.32 Å². The van der Waals surface area contributed by atoms with Crippen molar-refractivity contribution < 1.29 is 13.2 Å². The minimum Gasteiger partial charge on any atom is -0.356 e. The van der Waals surface area contributed by atoms with Gasteiger partial charge in [-0.05, 0) is 30.0 Å². The van der Waals surface area contributed by atoms with Crippen LogP contribution in [0.5, 0.6) is 0 Å². The van der Waals surface area contributed by atoms with E-state index >= 15 is 0 Å². The fraction of sp³-hybridized carbons (Fsp3) is 0.533. The molecule has 1 amide bonds. The summed E-state index contributed by atoms with van der Waals surface area (Å²) in [5.74, 6) is 0.0574. The smallest absolute Gasteiger partial charge is 0.221 e. The second kappa shape index (κ2) is 8.39. The van der Waals surface area contributed by atoms with E-state index in [2.05, 4.69) is 19.2 Å². The van der Waals surface area contributed by atoms with Crippen molar-refractivity contribution in [3.8, 4) is 0 Å². The maximum Gasteiger partial charge on any atom is 0.221 e. The van der Waals surface area contributed by atoms with Gasteiger partial charge in [-0.15, -0.1) is 0 Å². The first-order valence-corrected chi connectivity index (χ1v) is 9.20. The average Bonchev–Trinajstić information content (AvgIpc) is 2.35. The highest BCUT2D eigenvalue weighted by atomic mass is 35.5. The van der Waals surface area contributed by atoms with Crippen LogP contribution in [0.3, 0.4) is 0 Å². The summed E-state index contributed by atoms with van der Waals surface area (Å²) in [6, 6.07) is 6.75. The van der Waals surface area contributed by atoms with Crippen molar-refractivity contribution in [3.63, 3.8) is 0 Å². The number of carbonyl (C=O) groups excluding carboxylic acids is 1. The molecule has 0 heterocycles. The molecule has 0 fully saturated rings. The topological polar surface area (TPSA) is 63.2 Å². The Balaban J connectivity index is 2.41. The highest BCUT2D eigenvalue weighted by molar-refractivity contribution is 7.90. The maximum absolute atomic E-state index is 12.0. The van der Waals surface area contributed by atoms with Gasteiger partial charge in [0.05, 0.1) is 11.5 Å². The van der Waals surface area contributed by atoms with E-state index in [1.165, 1.54) is 0 Å². The molecular weight excluding hydrogens is 310 g/mol. The Bertz CT molecular complexity index is 570. The standard InChI is InChI=1S/C15H22ClNO3S/c1-12(2)6-8-17-15(18)7-9-21(19,20)11-13-4-3-5-14(16)10-13/h3-5,10,12H,6-9,11H2,1-2H3,(H,17,18). The summed E-state index contributed by atoms with van der Waals surface area (Å²) in [7, 11) is -3.31. The lowest BCUT2D eigenvalue weighted by Crippen LogP contribution is -2.27. The van der Waals surface area contributed by atoms with Crippen LogP contribution in [0.25, 0.3) is 0 Å². The zero-order chi connectivity index (χ0) is 15.9. The van der Waals surface area contributed by atoms with Crippen molar-refractivity contribution in [3.05, 3.63) is 34.9 Å². The molecule has 0 aliphatic heterocycles. The molecule has 0 radical (unpaired) electrons. The molecule has 4 nitrogen and oxygen atoms in total. The van der Waals surface area contributed by atoms with Crippen LogP contribution in [0.1, 0.15) is 32.3 Å². The maximum atomic E-state index is 12.0. The van der Waals surface area contributed by atoms with E-state index in [1.807, 2.05) is 0 Å². The normalized spacial score (nSPS) is 11.6. The van der Waals surface area contributed by atoms with E-state index < -0.39 is 9.84 Å².